The van der Waals surface area contributed by atoms with Gasteiger partial charge in [-0.2, -0.15) is 0 Å². The van der Waals surface area contributed by atoms with Gasteiger partial charge in [0, 0.05) is 53.4 Å². The van der Waals surface area contributed by atoms with Crippen molar-refractivity contribution in [3.05, 3.63) is 0 Å². The van der Waals surface area contributed by atoms with E-state index >= 15 is 0 Å². The topological polar surface area (TPSA) is 49.9 Å². The molecule has 0 aromatic carbocycles. The van der Waals surface area contributed by atoms with E-state index in [4.69, 9.17) is 0 Å². The molecule has 12 heteroatoms. The molecule has 1 atom stereocenters. The zero-order valence-electron chi connectivity index (χ0n) is 12.5. The Balaban J connectivity index is -0.000000102. The van der Waals surface area contributed by atoms with Crippen LogP contribution in [0.3, 0.4) is 0 Å². The minimum absolute atomic E-state index is 0. The average Bonchev–Trinajstić information content (AvgIpc) is 2.28. The van der Waals surface area contributed by atoms with Crippen molar-refractivity contribution in [2.24, 2.45) is 0 Å². The predicted octanol–water partition coefficient (Wildman–Crippen LogP) is 0.469. The van der Waals surface area contributed by atoms with Crippen LogP contribution in [0.2, 0.25) is 0 Å². The molecule has 0 rings (SSSR count). The van der Waals surface area contributed by atoms with E-state index in [9.17, 15) is 8.76 Å². The van der Waals surface area contributed by atoms with Crippen molar-refractivity contribution < 1.29 is 25.8 Å². The van der Waals surface area contributed by atoms with Crippen LogP contribution in [0.25, 0.3) is 0 Å². The third-order valence-corrected chi connectivity index (χ3v) is 4.12. The molecule has 0 saturated heterocycles. The quantitative estimate of drug-likeness (QED) is 0.226. The first kappa shape index (κ1) is 29.7. The number of nitrogens with zero attached hydrogens (tertiary/aromatic N) is 3. The molecule has 1 unspecified atom stereocenters. The molecule has 0 amide bonds. The fourth-order valence-electron chi connectivity index (χ4n) is 0.149. The summed E-state index contributed by atoms with van der Waals surface area (Å²) in [5.74, 6) is 0. The van der Waals surface area contributed by atoms with Gasteiger partial charge >= 0.3 is 17.1 Å². The van der Waals surface area contributed by atoms with Gasteiger partial charge in [-0.25, -0.2) is 0 Å². The standard InChI is InChI=1S/C3H7NO2S2.2C3H7NS2.Fe/c1-4(2)3(7)8(5)6;2*1-4(2)3(5)6;/h1-2H3,(H,5,6);2*1-2H3,(H,5,6);/q;;;+3/p-3. The maximum atomic E-state index is 9.96. The third kappa shape index (κ3) is 26.0. The van der Waals surface area contributed by atoms with Gasteiger partial charge in [0.05, 0.1) is 0 Å². The molecule has 0 aliphatic heterocycles. The number of rotatable bonds is 0. The van der Waals surface area contributed by atoms with Crippen molar-refractivity contribution in [2.75, 3.05) is 42.3 Å². The summed E-state index contributed by atoms with van der Waals surface area (Å²) in [6.07, 6.45) is 0. The molecule has 5 nitrogen and oxygen atoms in total. The summed E-state index contributed by atoms with van der Waals surface area (Å²) in [5, 5.41) is 0. The van der Waals surface area contributed by atoms with Crippen molar-refractivity contribution >= 4 is 86.0 Å². The van der Waals surface area contributed by atoms with E-state index in [1.54, 1.807) is 23.9 Å². The van der Waals surface area contributed by atoms with E-state index in [0.717, 1.165) is 0 Å². The average molecular weight is 449 g/mol. The van der Waals surface area contributed by atoms with Gasteiger partial charge in [0.25, 0.3) is 0 Å². The van der Waals surface area contributed by atoms with Crippen molar-refractivity contribution in [3.63, 3.8) is 0 Å². The molecule has 0 N–H and O–H groups in total. The Morgan fingerprint density at radius 1 is 0.857 bits per heavy atom. The molecule has 21 heavy (non-hydrogen) atoms. The minimum Gasteiger partial charge on any atom is -0.767 e. The summed E-state index contributed by atoms with van der Waals surface area (Å²) < 4.78 is 20.9. The zero-order valence-corrected chi connectivity index (χ0v) is 18.5. The van der Waals surface area contributed by atoms with E-state index < -0.39 is 11.1 Å². The molecule has 0 aliphatic carbocycles. The summed E-state index contributed by atoms with van der Waals surface area (Å²) in [6.45, 7) is 0. The van der Waals surface area contributed by atoms with Crippen LogP contribution in [0.15, 0.2) is 0 Å². The summed E-state index contributed by atoms with van der Waals surface area (Å²) in [4.78, 5) is 4.79. The molecule has 0 aliphatic rings. The molecule has 0 fully saturated rings. The van der Waals surface area contributed by atoms with Crippen LogP contribution < -0.4 is 0 Å². The Morgan fingerprint density at radius 2 is 1.05 bits per heavy atom. The first-order valence-corrected chi connectivity index (χ1v) is 8.03. The van der Waals surface area contributed by atoms with Crippen molar-refractivity contribution in [1.82, 2.24) is 14.7 Å². The minimum atomic E-state index is -2.23. The Hall–Kier alpha value is 0.739. The summed E-state index contributed by atoms with van der Waals surface area (Å²) in [5.41, 5.74) is 0. The van der Waals surface area contributed by atoms with E-state index in [0.29, 0.717) is 8.64 Å². The van der Waals surface area contributed by atoms with Crippen LogP contribution in [0.1, 0.15) is 0 Å². The first-order valence-electron chi connectivity index (χ1n) is 4.91. The fraction of sp³-hybridized carbons (Fsp3) is 0.667. The van der Waals surface area contributed by atoms with E-state index in [1.807, 2.05) is 28.2 Å². The van der Waals surface area contributed by atoms with E-state index in [2.05, 4.69) is 61.9 Å². The molecule has 0 aromatic heterocycles. The largest absolute Gasteiger partial charge is 3.00 e. The van der Waals surface area contributed by atoms with Crippen LogP contribution in [0.4, 0.5) is 0 Å². The van der Waals surface area contributed by atoms with Crippen LogP contribution >= 0.6 is 36.7 Å². The van der Waals surface area contributed by atoms with Gasteiger partial charge in [0.15, 0.2) is 4.32 Å². The maximum Gasteiger partial charge on any atom is 3.00 e. The molecular weight excluding hydrogens is 430 g/mol. The second-order valence-corrected chi connectivity index (χ2v) is 7.28. The van der Waals surface area contributed by atoms with Crippen LogP contribution in [0, 0.1) is 0 Å². The van der Waals surface area contributed by atoms with Crippen LogP contribution in [-0.4, -0.2) is 78.7 Å². The molecule has 0 aromatic rings. The molecule has 0 saturated carbocycles. The molecule has 1 radical (unpaired) electrons. The van der Waals surface area contributed by atoms with Gasteiger partial charge in [-0.05, 0) is 0 Å². The summed E-state index contributed by atoms with van der Waals surface area (Å²) in [6, 6.07) is 0. The predicted molar refractivity (Wildman–Crippen MR) is 103 cm³/mol. The molecule has 125 valence electrons. The number of hydrogen-bond donors (Lipinski definition) is 0. The second-order valence-electron chi connectivity index (χ2n) is 3.72. The number of thiocarbonyl (C=S) groups is 3. The fourth-order valence-corrected chi connectivity index (χ4v) is 0.447. The van der Waals surface area contributed by atoms with Gasteiger partial charge in [-0.15, -0.1) is 0 Å². The Kier molecular flexibility index (Phi) is 24.2. The zero-order chi connectivity index (χ0) is 17.0. The van der Waals surface area contributed by atoms with E-state index in [1.165, 1.54) is 4.90 Å². The first-order chi connectivity index (χ1) is 8.84. The number of hydrogen-bond acceptors (Lipinski definition) is 7. The van der Waals surface area contributed by atoms with Gasteiger partial charge in [0.1, 0.15) is 0 Å². The monoisotopic (exact) mass is 448 g/mol. The van der Waals surface area contributed by atoms with Crippen LogP contribution in [0.5, 0.6) is 0 Å². The smallest absolute Gasteiger partial charge is 0.767 e. The third-order valence-electron chi connectivity index (χ3n) is 1.24. The molecule has 0 spiro atoms. The Bertz CT molecular complexity index is 334. The van der Waals surface area contributed by atoms with Crippen molar-refractivity contribution in [3.8, 4) is 0 Å². The molecule has 0 heterocycles. The van der Waals surface area contributed by atoms with Gasteiger partial charge in [-0.1, -0.05) is 20.9 Å². The Labute approximate surface area is 167 Å². The SMILES string of the molecule is CN(C)C(=S)S(=O)[O-].CN(C)C(=S)[S-].CN(C)C(=S)[S-].[Fe+3]. The Morgan fingerprint density at radius 3 is 1.05 bits per heavy atom. The summed E-state index contributed by atoms with van der Waals surface area (Å²) >= 11 is 20.4. The van der Waals surface area contributed by atoms with Gasteiger partial charge < -0.3 is 68.9 Å². The van der Waals surface area contributed by atoms with Crippen molar-refractivity contribution in [2.45, 2.75) is 0 Å². The molecular formula is C9H18FeN3O2S6. The van der Waals surface area contributed by atoms with Gasteiger partial charge in [-0.3, -0.25) is 4.21 Å². The summed E-state index contributed by atoms with van der Waals surface area (Å²) in [7, 11) is 10.5. The van der Waals surface area contributed by atoms with E-state index in [-0.39, 0.29) is 21.4 Å². The molecule has 0 bridgehead atoms. The maximum absolute atomic E-state index is 9.96. The second kappa shape index (κ2) is 17.1. The van der Waals surface area contributed by atoms with Crippen molar-refractivity contribution in [1.29, 1.82) is 0 Å². The normalized spacial score (nSPS) is 9.29. The van der Waals surface area contributed by atoms with Crippen LogP contribution in [-0.2, 0) is 53.4 Å². The van der Waals surface area contributed by atoms with Gasteiger partial charge in [0.2, 0.25) is 0 Å².